The van der Waals surface area contributed by atoms with Crippen molar-refractivity contribution in [2.75, 3.05) is 37.5 Å². The lowest BCUT2D eigenvalue weighted by molar-refractivity contribution is -0.115. The van der Waals surface area contributed by atoms with Crippen LogP contribution in [0.15, 0.2) is 18.2 Å². The number of nitrogens with zero attached hydrogens (tertiary/aromatic N) is 3. The third kappa shape index (κ3) is 3.66. The first-order valence-corrected chi connectivity index (χ1v) is 8.40. The zero-order chi connectivity index (χ0) is 18.0. The van der Waals surface area contributed by atoms with Crippen molar-refractivity contribution in [3.8, 4) is 11.5 Å². The fourth-order valence-electron chi connectivity index (χ4n) is 2.96. The Kier molecular flexibility index (Phi) is 5.03. The van der Waals surface area contributed by atoms with Gasteiger partial charge in [0.25, 0.3) is 0 Å². The van der Waals surface area contributed by atoms with Crippen molar-refractivity contribution in [1.82, 2.24) is 9.78 Å². The Morgan fingerprint density at radius 2 is 2.00 bits per heavy atom. The van der Waals surface area contributed by atoms with Crippen molar-refractivity contribution in [1.29, 1.82) is 0 Å². The Morgan fingerprint density at radius 3 is 2.72 bits per heavy atom. The van der Waals surface area contributed by atoms with E-state index >= 15 is 0 Å². The van der Waals surface area contributed by atoms with E-state index in [2.05, 4.69) is 10.4 Å². The van der Waals surface area contributed by atoms with Crippen LogP contribution in [-0.4, -0.2) is 43.0 Å². The number of hydrogen-bond donors (Lipinski definition) is 1. The van der Waals surface area contributed by atoms with E-state index in [4.69, 9.17) is 21.1 Å². The average Bonchev–Trinajstić information content (AvgIpc) is 2.96. The number of aryl methyl sites for hydroxylation is 2. The summed E-state index contributed by atoms with van der Waals surface area (Å²) >= 11 is 6.15. The lowest BCUT2D eigenvalue weighted by Crippen LogP contribution is -2.38. The van der Waals surface area contributed by atoms with E-state index in [9.17, 15) is 4.79 Å². The van der Waals surface area contributed by atoms with Gasteiger partial charge in [-0.3, -0.25) is 4.79 Å². The first-order valence-electron chi connectivity index (χ1n) is 8.02. The molecule has 25 heavy (non-hydrogen) atoms. The number of methoxy groups -OCH3 is 2. The molecule has 134 valence electrons. The standard InChI is InChI=1S/C17H21ClN4O3/c1-11-7-17-21(5-4-6-22(17)20-11)10-16(23)19-13-8-12(18)14(24-2)9-15(13)25-3/h7-9H,4-6,10H2,1-3H3,(H,19,23). The molecule has 0 atom stereocenters. The van der Waals surface area contributed by atoms with Crippen LogP contribution in [0.2, 0.25) is 5.02 Å². The molecule has 2 aromatic rings. The number of rotatable bonds is 5. The van der Waals surface area contributed by atoms with Gasteiger partial charge in [0.2, 0.25) is 5.91 Å². The molecule has 1 N–H and O–H groups in total. The van der Waals surface area contributed by atoms with Crippen molar-refractivity contribution < 1.29 is 14.3 Å². The minimum absolute atomic E-state index is 0.146. The van der Waals surface area contributed by atoms with Crippen LogP contribution in [0.5, 0.6) is 11.5 Å². The molecule has 1 aliphatic heterocycles. The number of aromatic nitrogens is 2. The third-order valence-electron chi connectivity index (χ3n) is 4.09. The number of benzene rings is 1. The van der Waals surface area contributed by atoms with Crippen LogP contribution in [0.1, 0.15) is 12.1 Å². The monoisotopic (exact) mass is 364 g/mol. The van der Waals surface area contributed by atoms with Gasteiger partial charge in [0.15, 0.2) is 0 Å². The maximum Gasteiger partial charge on any atom is 0.244 e. The number of nitrogens with one attached hydrogen (secondary N) is 1. The quantitative estimate of drug-likeness (QED) is 0.883. The fraction of sp³-hybridized carbons (Fsp3) is 0.412. The zero-order valence-electron chi connectivity index (χ0n) is 14.5. The summed E-state index contributed by atoms with van der Waals surface area (Å²) in [5.41, 5.74) is 1.46. The fourth-order valence-corrected chi connectivity index (χ4v) is 3.20. The third-order valence-corrected chi connectivity index (χ3v) is 4.38. The van der Waals surface area contributed by atoms with Gasteiger partial charge in [-0.2, -0.15) is 5.10 Å². The summed E-state index contributed by atoms with van der Waals surface area (Å²) in [6, 6.07) is 5.27. The van der Waals surface area contributed by atoms with Gasteiger partial charge in [0.1, 0.15) is 17.3 Å². The van der Waals surface area contributed by atoms with Gasteiger partial charge in [-0.25, -0.2) is 4.68 Å². The molecule has 1 aliphatic rings. The molecular weight excluding hydrogens is 344 g/mol. The molecule has 0 aliphatic carbocycles. The highest BCUT2D eigenvalue weighted by Gasteiger charge is 2.21. The van der Waals surface area contributed by atoms with Crippen molar-refractivity contribution >= 4 is 29.0 Å². The van der Waals surface area contributed by atoms with Gasteiger partial charge in [0.05, 0.1) is 37.2 Å². The number of carbonyl (C=O) groups excluding carboxylic acids is 1. The van der Waals surface area contributed by atoms with Crippen molar-refractivity contribution in [3.05, 3.63) is 28.9 Å². The van der Waals surface area contributed by atoms with E-state index in [1.54, 1.807) is 12.1 Å². The second-order valence-corrected chi connectivity index (χ2v) is 6.28. The van der Waals surface area contributed by atoms with Crippen LogP contribution in [0.25, 0.3) is 0 Å². The van der Waals surface area contributed by atoms with Crippen LogP contribution < -0.4 is 19.7 Å². The average molecular weight is 365 g/mol. The van der Waals surface area contributed by atoms with Crippen molar-refractivity contribution in [3.63, 3.8) is 0 Å². The number of anilines is 2. The first-order chi connectivity index (χ1) is 12.0. The molecule has 0 spiro atoms. The van der Waals surface area contributed by atoms with E-state index in [1.165, 1.54) is 14.2 Å². The largest absolute Gasteiger partial charge is 0.495 e. The van der Waals surface area contributed by atoms with Gasteiger partial charge in [0, 0.05) is 25.2 Å². The van der Waals surface area contributed by atoms with Gasteiger partial charge in [-0.05, 0) is 19.4 Å². The molecular formula is C17H21ClN4O3. The Morgan fingerprint density at radius 1 is 1.24 bits per heavy atom. The lowest BCUT2D eigenvalue weighted by atomic mass is 10.2. The molecule has 7 nitrogen and oxygen atoms in total. The van der Waals surface area contributed by atoms with Crippen molar-refractivity contribution in [2.24, 2.45) is 0 Å². The molecule has 0 bridgehead atoms. The molecule has 8 heteroatoms. The number of ether oxygens (including phenoxy) is 2. The number of carbonyl (C=O) groups is 1. The maximum atomic E-state index is 12.5. The number of fused-ring (bicyclic) bond motifs is 1. The molecule has 0 saturated heterocycles. The molecule has 0 saturated carbocycles. The second kappa shape index (κ2) is 7.23. The zero-order valence-corrected chi connectivity index (χ0v) is 15.3. The van der Waals surface area contributed by atoms with Gasteiger partial charge < -0.3 is 19.7 Å². The topological polar surface area (TPSA) is 68.6 Å². The summed E-state index contributed by atoms with van der Waals surface area (Å²) in [6.07, 6.45) is 0.957. The predicted octanol–water partition coefficient (Wildman–Crippen LogP) is 2.71. The van der Waals surface area contributed by atoms with Crippen LogP contribution in [0, 0.1) is 6.92 Å². The minimum atomic E-state index is -0.146. The Hall–Kier alpha value is -2.41. The highest BCUT2D eigenvalue weighted by atomic mass is 35.5. The van der Waals surface area contributed by atoms with Crippen LogP contribution >= 0.6 is 11.6 Å². The summed E-state index contributed by atoms with van der Waals surface area (Å²) in [7, 11) is 3.06. The lowest BCUT2D eigenvalue weighted by Gasteiger charge is -2.28. The first kappa shape index (κ1) is 17.4. The Bertz CT molecular complexity index is 790. The van der Waals surface area contributed by atoms with E-state index in [1.807, 2.05) is 22.6 Å². The number of amides is 1. The predicted molar refractivity (Wildman–Crippen MR) is 97.0 cm³/mol. The van der Waals surface area contributed by atoms with Crippen LogP contribution in [0.3, 0.4) is 0 Å². The van der Waals surface area contributed by atoms with E-state index in [-0.39, 0.29) is 12.5 Å². The molecule has 0 radical (unpaired) electrons. The summed E-state index contributed by atoms with van der Waals surface area (Å²) < 4.78 is 12.4. The molecule has 1 aromatic heterocycles. The second-order valence-electron chi connectivity index (χ2n) is 5.88. The van der Waals surface area contributed by atoms with E-state index < -0.39 is 0 Å². The SMILES string of the molecule is COc1cc(OC)c(NC(=O)CN2CCCn3nc(C)cc32)cc1Cl. The van der Waals surface area contributed by atoms with Crippen LogP contribution in [0.4, 0.5) is 11.5 Å². The Labute approximate surface area is 151 Å². The summed E-state index contributed by atoms with van der Waals surface area (Å²) in [5, 5.41) is 7.71. The van der Waals surface area contributed by atoms with Gasteiger partial charge in [-0.15, -0.1) is 0 Å². The summed E-state index contributed by atoms with van der Waals surface area (Å²) in [4.78, 5) is 14.5. The van der Waals surface area contributed by atoms with E-state index in [0.717, 1.165) is 31.0 Å². The molecule has 0 unspecified atom stereocenters. The highest BCUT2D eigenvalue weighted by molar-refractivity contribution is 6.32. The molecule has 2 heterocycles. The maximum absolute atomic E-state index is 12.5. The van der Waals surface area contributed by atoms with Gasteiger partial charge >= 0.3 is 0 Å². The normalized spacial score (nSPS) is 13.4. The molecule has 1 amide bonds. The summed E-state index contributed by atoms with van der Waals surface area (Å²) in [5.74, 6) is 1.81. The minimum Gasteiger partial charge on any atom is -0.495 e. The molecule has 3 rings (SSSR count). The van der Waals surface area contributed by atoms with Gasteiger partial charge in [-0.1, -0.05) is 11.6 Å². The molecule has 0 fully saturated rings. The molecule has 1 aromatic carbocycles. The highest BCUT2D eigenvalue weighted by Crippen LogP contribution is 2.36. The Balaban J connectivity index is 1.74. The van der Waals surface area contributed by atoms with Crippen molar-refractivity contribution in [2.45, 2.75) is 19.9 Å². The van der Waals surface area contributed by atoms with E-state index in [0.29, 0.717) is 22.2 Å². The van der Waals surface area contributed by atoms with Crippen LogP contribution in [-0.2, 0) is 11.3 Å². The number of halogens is 1. The summed E-state index contributed by atoms with van der Waals surface area (Å²) in [6.45, 7) is 3.88. The number of hydrogen-bond acceptors (Lipinski definition) is 5. The smallest absolute Gasteiger partial charge is 0.244 e.